The van der Waals surface area contributed by atoms with Crippen molar-refractivity contribution in [2.45, 2.75) is 20.0 Å². The zero-order valence-electron chi connectivity index (χ0n) is 20.3. The highest BCUT2D eigenvalue weighted by Crippen LogP contribution is 2.31. The number of anilines is 3. The Balaban J connectivity index is 1.25. The number of nitrogens with one attached hydrogen (secondary N) is 1. The number of fused-ring (bicyclic) bond motifs is 2. The summed E-state index contributed by atoms with van der Waals surface area (Å²) in [5.74, 6) is 2.79. The third-order valence-electron chi connectivity index (χ3n) is 6.25. The van der Waals surface area contributed by atoms with Crippen molar-refractivity contribution in [3.05, 3.63) is 60.8 Å². The quantitative estimate of drug-likeness (QED) is 0.391. The molecule has 4 heterocycles. The number of hydrogen-bond donors (Lipinski definition) is 1. The zero-order valence-corrected chi connectivity index (χ0v) is 20.3. The molecule has 0 aliphatic carbocycles. The molecule has 0 radical (unpaired) electrons. The van der Waals surface area contributed by atoms with Crippen molar-refractivity contribution < 1.29 is 9.47 Å². The lowest BCUT2D eigenvalue weighted by molar-refractivity contribution is 0.0526. The van der Waals surface area contributed by atoms with E-state index in [2.05, 4.69) is 37.1 Å². The van der Waals surface area contributed by atoms with Crippen LogP contribution in [-0.4, -0.2) is 55.3 Å². The summed E-state index contributed by atoms with van der Waals surface area (Å²) in [7, 11) is 1.97. The molecule has 2 aromatic carbocycles. The van der Waals surface area contributed by atoms with Gasteiger partial charge < -0.3 is 24.3 Å². The summed E-state index contributed by atoms with van der Waals surface area (Å²) in [5, 5.41) is 3.39. The van der Waals surface area contributed by atoms with Crippen molar-refractivity contribution in [3.63, 3.8) is 0 Å². The number of hydrogen-bond acceptors (Lipinski definition) is 9. The van der Waals surface area contributed by atoms with E-state index in [0.29, 0.717) is 29.4 Å². The molecule has 0 spiro atoms. The summed E-state index contributed by atoms with van der Waals surface area (Å²) in [5.41, 5.74) is 5.17. The lowest BCUT2D eigenvalue weighted by Gasteiger charge is -2.31. The Morgan fingerprint density at radius 3 is 2.83 bits per heavy atom. The first kappa shape index (κ1) is 22.2. The van der Waals surface area contributed by atoms with Crippen LogP contribution in [0.5, 0.6) is 11.5 Å². The van der Waals surface area contributed by atoms with E-state index in [9.17, 15) is 0 Å². The van der Waals surface area contributed by atoms with Crippen LogP contribution in [0.15, 0.2) is 55.2 Å². The molecule has 0 amide bonds. The topological polar surface area (TPSA) is 103 Å². The van der Waals surface area contributed by atoms with Gasteiger partial charge in [-0.25, -0.2) is 24.9 Å². The van der Waals surface area contributed by atoms with Gasteiger partial charge >= 0.3 is 0 Å². The maximum atomic E-state index is 6.15. The number of aromatic nitrogens is 6. The minimum atomic E-state index is 0.136. The summed E-state index contributed by atoms with van der Waals surface area (Å²) in [6, 6.07) is 11.8. The van der Waals surface area contributed by atoms with Crippen LogP contribution in [0.3, 0.4) is 0 Å². The van der Waals surface area contributed by atoms with Crippen LogP contribution in [0.4, 0.5) is 17.5 Å². The number of ether oxygens (including phenoxy) is 2. The monoisotopic (exact) mass is 482 g/mol. The fourth-order valence-corrected chi connectivity index (χ4v) is 4.37. The third-order valence-corrected chi connectivity index (χ3v) is 6.25. The maximum absolute atomic E-state index is 6.15. The first-order valence-electron chi connectivity index (χ1n) is 11.8. The summed E-state index contributed by atoms with van der Waals surface area (Å²) in [6.07, 6.45) is 5.19. The first-order valence-corrected chi connectivity index (χ1v) is 11.8. The van der Waals surface area contributed by atoms with Crippen LogP contribution >= 0.6 is 0 Å². The van der Waals surface area contributed by atoms with Crippen molar-refractivity contribution >= 4 is 39.5 Å². The van der Waals surface area contributed by atoms with Gasteiger partial charge in [0, 0.05) is 31.9 Å². The minimum Gasteiger partial charge on any atom is -0.457 e. The molecule has 10 heteroatoms. The molecule has 1 saturated heterocycles. The average Bonchev–Trinajstić information content (AvgIpc) is 3.25. The molecule has 0 saturated carbocycles. The third kappa shape index (κ3) is 4.27. The van der Waals surface area contributed by atoms with E-state index in [0.717, 1.165) is 46.9 Å². The van der Waals surface area contributed by atoms with E-state index in [1.807, 2.05) is 54.9 Å². The van der Waals surface area contributed by atoms with Crippen molar-refractivity contribution in [2.75, 3.05) is 29.9 Å². The number of morpholine rings is 1. The van der Waals surface area contributed by atoms with Crippen molar-refractivity contribution in [2.24, 2.45) is 7.05 Å². The predicted octanol–water partition coefficient (Wildman–Crippen LogP) is 4.38. The number of aryl methyl sites for hydroxylation is 2. The van der Waals surface area contributed by atoms with Crippen molar-refractivity contribution in [1.82, 2.24) is 29.5 Å². The van der Waals surface area contributed by atoms with Gasteiger partial charge in [-0.05, 0) is 49.7 Å². The molecule has 10 nitrogen and oxygen atoms in total. The Morgan fingerprint density at radius 1 is 1.06 bits per heavy atom. The van der Waals surface area contributed by atoms with Crippen molar-refractivity contribution in [3.8, 4) is 11.5 Å². The van der Waals surface area contributed by atoms with Crippen LogP contribution < -0.4 is 15.0 Å². The summed E-state index contributed by atoms with van der Waals surface area (Å²) >= 11 is 0. The number of benzene rings is 2. The largest absolute Gasteiger partial charge is 0.457 e. The Morgan fingerprint density at radius 2 is 1.97 bits per heavy atom. The number of nitrogens with zero attached hydrogens (tertiary/aromatic N) is 7. The van der Waals surface area contributed by atoms with E-state index in [-0.39, 0.29) is 6.10 Å². The molecule has 36 heavy (non-hydrogen) atoms. The average molecular weight is 483 g/mol. The molecule has 0 bridgehead atoms. The second-order valence-electron chi connectivity index (χ2n) is 8.97. The Bertz CT molecular complexity index is 1570. The fraction of sp³-hybridized carbons (Fsp3) is 0.269. The van der Waals surface area contributed by atoms with Gasteiger partial charge in [0.25, 0.3) is 0 Å². The van der Waals surface area contributed by atoms with Gasteiger partial charge in [-0.3, -0.25) is 0 Å². The molecule has 1 fully saturated rings. The van der Waals surface area contributed by atoms with Crippen molar-refractivity contribution in [1.29, 1.82) is 0 Å². The molecule has 6 rings (SSSR count). The van der Waals surface area contributed by atoms with E-state index in [1.165, 1.54) is 6.33 Å². The molecular formula is C26H26N8O2. The van der Waals surface area contributed by atoms with Crippen LogP contribution in [-0.2, 0) is 11.8 Å². The van der Waals surface area contributed by atoms with Crippen LogP contribution in [0.2, 0.25) is 0 Å². The highest BCUT2D eigenvalue weighted by Gasteiger charge is 2.20. The molecule has 5 aromatic rings. The second-order valence-corrected chi connectivity index (χ2v) is 8.97. The molecule has 3 aromatic heterocycles. The Labute approximate surface area is 208 Å². The number of imidazole rings is 1. The van der Waals surface area contributed by atoms with E-state index < -0.39 is 0 Å². The zero-order chi connectivity index (χ0) is 24.6. The minimum absolute atomic E-state index is 0.136. The fourth-order valence-electron chi connectivity index (χ4n) is 4.37. The predicted molar refractivity (Wildman–Crippen MR) is 138 cm³/mol. The second kappa shape index (κ2) is 9.04. The summed E-state index contributed by atoms with van der Waals surface area (Å²) in [4.78, 5) is 24.6. The lowest BCUT2D eigenvalue weighted by atomic mass is 10.2. The molecule has 1 aliphatic rings. The van der Waals surface area contributed by atoms with Gasteiger partial charge in [0.15, 0.2) is 5.82 Å². The van der Waals surface area contributed by atoms with Gasteiger partial charge in [-0.2, -0.15) is 0 Å². The number of rotatable bonds is 5. The summed E-state index contributed by atoms with van der Waals surface area (Å²) < 4.78 is 13.8. The normalized spacial score (nSPS) is 16.0. The van der Waals surface area contributed by atoms with E-state index in [1.54, 1.807) is 12.5 Å². The molecule has 1 aliphatic heterocycles. The van der Waals surface area contributed by atoms with E-state index >= 15 is 0 Å². The van der Waals surface area contributed by atoms with E-state index in [4.69, 9.17) is 14.5 Å². The van der Waals surface area contributed by atoms with Gasteiger partial charge in [-0.1, -0.05) is 0 Å². The SMILES string of the molecule is Cc1cc(Nc2ncnc3cnc(N4CCO[C@@H](C)C4)nc23)ccc1Oc1ccc2c(c1)ncn2C. The molecular weight excluding hydrogens is 456 g/mol. The molecule has 0 unspecified atom stereocenters. The maximum Gasteiger partial charge on any atom is 0.226 e. The van der Waals surface area contributed by atoms with Gasteiger partial charge in [-0.15, -0.1) is 0 Å². The Hall–Kier alpha value is -4.31. The first-order chi connectivity index (χ1) is 17.5. The molecule has 182 valence electrons. The van der Waals surface area contributed by atoms with Crippen LogP contribution in [0.1, 0.15) is 12.5 Å². The lowest BCUT2D eigenvalue weighted by Crippen LogP contribution is -2.42. The highest BCUT2D eigenvalue weighted by molar-refractivity contribution is 5.87. The smallest absolute Gasteiger partial charge is 0.226 e. The molecule has 1 atom stereocenters. The highest BCUT2D eigenvalue weighted by atomic mass is 16.5. The Kier molecular flexibility index (Phi) is 5.57. The van der Waals surface area contributed by atoms with Crippen LogP contribution in [0.25, 0.3) is 22.1 Å². The van der Waals surface area contributed by atoms with Gasteiger partial charge in [0.05, 0.1) is 36.3 Å². The van der Waals surface area contributed by atoms with Gasteiger partial charge in [0.2, 0.25) is 5.95 Å². The van der Waals surface area contributed by atoms with Crippen LogP contribution in [0, 0.1) is 6.92 Å². The van der Waals surface area contributed by atoms with Gasteiger partial charge in [0.1, 0.15) is 28.9 Å². The molecule has 1 N–H and O–H groups in total. The standard InChI is InChI=1S/C26H26N8O2/c1-16-10-18(4-7-23(16)36-19-5-6-22-20(11-19)30-15-33(22)3)31-25-24-21(28-14-29-25)12-27-26(32-24)34-8-9-35-17(2)13-34/h4-7,10-12,14-15,17H,8-9,13H2,1-3H3,(H,28,29,31)/t17-/m0/s1. The summed E-state index contributed by atoms with van der Waals surface area (Å²) in [6.45, 7) is 6.21.